The van der Waals surface area contributed by atoms with E-state index in [4.69, 9.17) is 39.5 Å². The zero-order valence-electron chi connectivity index (χ0n) is 9.86. The lowest BCUT2D eigenvalue weighted by Gasteiger charge is -2.07. The molecule has 0 atom stereocenters. The van der Waals surface area contributed by atoms with Crippen LogP contribution in [-0.4, -0.2) is 18.7 Å². The van der Waals surface area contributed by atoms with Crippen molar-refractivity contribution in [2.45, 2.75) is 0 Å². The zero-order chi connectivity index (χ0) is 14.7. The monoisotopic (exact) mass is 348 g/mol. The Morgan fingerprint density at radius 1 is 1.25 bits per heavy atom. The molecule has 0 aliphatic heterocycles. The summed E-state index contributed by atoms with van der Waals surface area (Å²) in [5.74, 6) is 0.0248. The van der Waals surface area contributed by atoms with E-state index in [9.17, 15) is 9.59 Å². The average Bonchev–Trinajstić information content (AvgIpc) is 2.76. The van der Waals surface area contributed by atoms with Crippen LogP contribution < -0.4 is 4.74 Å². The lowest BCUT2D eigenvalue weighted by atomic mass is 10.2. The number of aldehydes is 1. The maximum atomic E-state index is 11.9. The highest BCUT2D eigenvalue weighted by atomic mass is 35.5. The molecule has 0 N–H and O–H groups in total. The number of thiophene rings is 1. The molecule has 0 saturated carbocycles. The van der Waals surface area contributed by atoms with Crippen LogP contribution in [-0.2, 0) is 0 Å². The number of Topliss-reactive ketones (excluding diaryl/α,β-unsaturated/α-hetero) is 1. The van der Waals surface area contributed by atoms with E-state index in [1.165, 1.54) is 18.2 Å². The van der Waals surface area contributed by atoms with Gasteiger partial charge in [-0.05, 0) is 24.3 Å². The van der Waals surface area contributed by atoms with Gasteiger partial charge in [0.2, 0.25) is 5.78 Å². The highest BCUT2D eigenvalue weighted by Gasteiger charge is 2.15. The van der Waals surface area contributed by atoms with E-state index >= 15 is 0 Å². The molecule has 0 amide bonds. The number of hydrogen-bond donors (Lipinski definition) is 0. The Bertz CT molecular complexity index is 667. The van der Waals surface area contributed by atoms with Crippen molar-refractivity contribution in [3.8, 4) is 5.75 Å². The molecule has 0 radical (unpaired) electrons. The molecule has 1 aromatic carbocycles. The fourth-order valence-electron chi connectivity index (χ4n) is 1.46. The molecule has 104 valence electrons. The Labute approximate surface area is 134 Å². The van der Waals surface area contributed by atoms with Gasteiger partial charge in [0.15, 0.2) is 6.61 Å². The minimum absolute atomic E-state index is 0.215. The van der Waals surface area contributed by atoms with Crippen LogP contribution in [0.1, 0.15) is 20.7 Å². The Hall–Kier alpha value is -1.07. The highest BCUT2D eigenvalue weighted by molar-refractivity contribution is 7.20. The maximum absolute atomic E-state index is 11.9. The third-order valence-electron chi connectivity index (χ3n) is 2.41. The second-order valence-electron chi connectivity index (χ2n) is 3.76. The number of ether oxygens (including phenoxy) is 1. The largest absolute Gasteiger partial charge is 0.484 e. The van der Waals surface area contributed by atoms with Crippen molar-refractivity contribution in [1.82, 2.24) is 0 Å². The van der Waals surface area contributed by atoms with Crippen molar-refractivity contribution in [3.63, 3.8) is 0 Å². The molecule has 0 bridgehead atoms. The van der Waals surface area contributed by atoms with E-state index in [1.807, 2.05) is 0 Å². The van der Waals surface area contributed by atoms with Gasteiger partial charge in [-0.1, -0.05) is 34.8 Å². The normalized spacial score (nSPS) is 10.3. The van der Waals surface area contributed by atoms with Crippen LogP contribution >= 0.6 is 46.1 Å². The second-order valence-corrected chi connectivity index (χ2v) is 6.45. The van der Waals surface area contributed by atoms with Crippen LogP contribution in [0.25, 0.3) is 0 Å². The molecule has 7 heteroatoms. The summed E-state index contributed by atoms with van der Waals surface area (Å²) in [4.78, 5) is 22.5. The molecule has 2 rings (SSSR count). The van der Waals surface area contributed by atoms with Crippen molar-refractivity contribution in [2.24, 2.45) is 0 Å². The molecule has 0 saturated heterocycles. The molecular weight excluding hydrogens is 343 g/mol. The molecule has 0 spiro atoms. The minimum Gasteiger partial charge on any atom is -0.484 e. The number of rotatable bonds is 5. The third kappa shape index (κ3) is 3.52. The van der Waals surface area contributed by atoms with Gasteiger partial charge in [0.05, 0.1) is 14.9 Å². The molecule has 20 heavy (non-hydrogen) atoms. The topological polar surface area (TPSA) is 43.4 Å². The molecule has 0 fully saturated rings. The van der Waals surface area contributed by atoms with Crippen LogP contribution in [0.15, 0.2) is 24.3 Å². The van der Waals surface area contributed by atoms with Gasteiger partial charge in [0, 0.05) is 5.56 Å². The predicted molar refractivity (Wildman–Crippen MR) is 81.0 cm³/mol. The van der Waals surface area contributed by atoms with Gasteiger partial charge in [-0.3, -0.25) is 9.59 Å². The fraction of sp³-hybridized carbons (Fsp3) is 0.0769. The third-order valence-corrected chi connectivity index (χ3v) is 4.19. The summed E-state index contributed by atoms with van der Waals surface area (Å²) in [6, 6.07) is 6.04. The lowest BCUT2D eigenvalue weighted by Crippen LogP contribution is -2.11. The van der Waals surface area contributed by atoms with Crippen LogP contribution in [0, 0.1) is 0 Å². The molecule has 0 aliphatic rings. The van der Waals surface area contributed by atoms with Crippen molar-refractivity contribution in [1.29, 1.82) is 0 Å². The second kappa shape index (κ2) is 6.59. The van der Waals surface area contributed by atoms with Crippen molar-refractivity contribution >= 4 is 58.2 Å². The van der Waals surface area contributed by atoms with Crippen molar-refractivity contribution in [3.05, 3.63) is 49.1 Å². The summed E-state index contributed by atoms with van der Waals surface area (Å²) in [7, 11) is 0. The van der Waals surface area contributed by atoms with Crippen LogP contribution in [0.2, 0.25) is 13.7 Å². The number of hydrogen-bond acceptors (Lipinski definition) is 4. The number of carbonyl (C=O) groups is 2. The van der Waals surface area contributed by atoms with E-state index in [-0.39, 0.29) is 17.4 Å². The summed E-state index contributed by atoms with van der Waals surface area (Å²) < 4.78 is 6.08. The first-order chi connectivity index (χ1) is 9.51. The number of carbonyl (C=O) groups excluding carboxylic acids is 2. The Morgan fingerprint density at radius 2 is 2.00 bits per heavy atom. The minimum atomic E-state index is -0.298. The number of halogens is 3. The molecule has 0 unspecified atom stereocenters. The van der Waals surface area contributed by atoms with E-state index in [0.717, 1.165) is 11.3 Å². The Morgan fingerprint density at radius 3 is 2.55 bits per heavy atom. The van der Waals surface area contributed by atoms with Gasteiger partial charge < -0.3 is 4.74 Å². The smallest absolute Gasteiger partial charge is 0.202 e. The van der Waals surface area contributed by atoms with E-state index < -0.39 is 0 Å². The van der Waals surface area contributed by atoms with Crippen molar-refractivity contribution in [2.75, 3.05) is 6.61 Å². The SMILES string of the molecule is O=Cc1ccc(OCC(=O)c2cc(Cl)sc2Cl)c(Cl)c1. The predicted octanol–water partition coefficient (Wildman–Crippen LogP) is 4.78. The number of benzene rings is 1. The molecule has 0 aliphatic carbocycles. The summed E-state index contributed by atoms with van der Waals surface area (Å²) in [6.07, 6.45) is 0.675. The van der Waals surface area contributed by atoms with Gasteiger partial charge in [0.25, 0.3) is 0 Å². The summed E-state index contributed by atoms with van der Waals surface area (Å²) in [5.41, 5.74) is 0.753. The van der Waals surface area contributed by atoms with Gasteiger partial charge in [-0.25, -0.2) is 0 Å². The summed E-state index contributed by atoms with van der Waals surface area (Å²) >= 11 is 18.7. The van der Waals surface area contributed by atoms with Crippen LogP contribution in [0.3, 0.4) is 0 Å². The lowest BCUT2D eigenvalue weighted by molar-refractivity contribution is 0.0922. The first-order valence-corrected chi connectivity index (χ1v) is 7.32. The fourth-order valence-corrected chi connectivity index (χ4v) is 3.20. The van der Waals surface area contributed by atoms with Gasteiger partial charge in [0.1, 0.15) is 16.4 Å². The van der Waals surface area contributed by atoms with Crippen LogP contribution in [0.4, 0.5) is 0 Å². The summed E-state index contributed by atoms with van der Waals surface area (Å²) in [6.45, 7) is -0.215. The Kier molecular flexibility index (Phi) is 5.05. The van der Waals surface area contributed by atoms with E-state index in [1.54, 1.807) is 6.07 Å². The van der Waals surface area contributed by atoms with Crippen LogP contribution in [0.5, 0.6) is 5.75 Å². The average molecular weight is 350 g/mol. The van der Waals surface area contributed by atoms with E-state index in [0.29, 0.717) is 31.8 Å². The Balaban J connectivity index is 2.07. The van der Waals surface area contributed by atoms with E-state index in [2.05, 4.69) is 0 Å². The first-order valence-electron chi connectivity index (χ1n) is 5.37. The van der Waals surface area contributed by atoms with Gasteiger partial charge >= 0.3 is 0 Å². The number of ketones is 1. The molecular formula is C13H7Cl3O3S. The molecule has 3 nitrogen and oxygen atoms in total. The highest BCUT2D eigenvalue weighted by Crippen LogP contribution is 2.32. The first kappa shape index (κ1) is 15.3. The summed E-state index contributed by atoms with van der Waals surface area (Å²) in [5, 5.41) is 0.261. The zero-order valence-corrected chi connectivity index (χ0v) is 12.9. The maximum Gasteiger partial charge on any atom is 0.202 e. The standard InChI is InChI=1S/C13H7Cl3O3S/c14-9-3-7(5-17)1-2-11(9)19-6-10(18)8-4-12(15)20-13(8)16/h1-5H,6H2. The molecule has 1 aromatic heterocycles. The van der Waals surface area contributed by atoms with Gasteiger partial charge in [-0.15, -0.1) is 11.3 Å². The molecule has 1 heterocycles. The van der Waals surface area contributed by atoms with Crippen molar-refractivity contribution < 1.29 is 14.3 Å². The van der Waals surface area contributed by atoms with Gasteiger partial charge in [-0.2, -0.15) is 0 Å². The molecule has 2 aromatic rings. The quantitative estimate of drug-likeness (QED) is 0.576.